The SMILES string of the molecule is CNc1ncnc(Cc2cccnc2)c1[N+](=O)[O-]. The van der Waals surface area contributed by atoms with Crippen molar-refractivity contribution >= 4 is 11.5 Å². The molecule has 0 bridgehead atoms. The molecule has 0 radical (unpaired) electrons. The standard InChI is InChI=1S/C11H11N5O2/c1-12-11-10(16(17)18)9(14-7-15-11)5-8-3-2-4-13-6-8/h2-4,6-7H,5H2,1H3,(H,12,14,15). The van der Waals surface area contributed by atoms with Crippen LogP contribution in [0.5, 0.6) is 0 Å². The average Bonchev–Trinajstić information content (AvgIpc) is 2.39. The van der Waals surface area contributed by atoms with E-state index in [2.05, 4.69) is 20.3 Å². The number of hydrogen-bond donors (Lipinski definition) is 1. The number of nitrogens with one attached hydrogen (secondary N) is 1. The van der Waals surface area contributed by atoms with Crippen molar-refractivity contribution in [1.29, 1.82) is 0 Å². The molecule has 2 heterocycles. The molecule has 2 aromatic heterocycles. The molecule has 0 aromatic carbocycles. The quantitative estimate of drug-likeness (QED) is 0.646. The predicted octanol–water partition coefficient (Wildman–Crippen LogP) is 1.41. The molecule has 0 aliphatic carbocycles. The summed E-state index contributed by atoms with van der Waals surface area (Å²) in [5.41, 5.74) is 1.14. The smallest absolute Gasteiger partial charge is 0.332 e. The minimum Gasteiger partial charge on any atom is -0.367 e. The van der Waals surface area contributed by atoms with Crippen LogP contribution in [0.3, 0.4) is 0 Å². The molecule has 0 saturated heterocycles. The van der Waals surface area contributed by atoms with Crippen molar-refractivity contribution in [3.8, 4) is 0 Å². The van der Waals surface area contributed by atoms with Crippen LogP contribution in [-0.4, -0.2) is 26.9 Å². The number of hydrogen-bond acceptors (Lipinski definition) is 6. The summed E-state index contributed by atoms with van der Waals surface area (Å²) in [5, 5.41) is 13.8. The molecule has 0 atom stereocenters. The van der Waals surface area contributed by atoms with Crippen LogP contribution >= 0.6 is 0 Å². The number of nitro groups is 1. The highest BCUT2D eigenvalue weighted by molar-refractivity contribution is 5.58. The third kappa shape index (κ3) is 2.40. The molecule has 0 aliphatic rings. The van der Waals surface area contributed by atoms with E-state index in [0.29, 0.717) is 12.1 Å². The molecular weight excluding hydrogens is 234 g/mol. The highest BCUT2D eigenvalue weighted by Crippen LogP contribution is 2.25. The van der Waals surface area contributed by atoms with Gasteiger partial charge in [0.25, 0.3) is 0 Å². The van der Waals surface area contributed by atoms with Crippen LogP contribution in [0.4, 0.5) is 11.5 Å². The Morgan fingerprint density at radius 3 is 2.89 bits per heavy atom. The molecule has 92 valence electrons. The summed E-state index contributed by atoms with van der Waals surface area (Å²) < 4.78 is 0. The maximum atomic E-state index is 11.1. The topological polar surface area (TPSA) is 93.8 Å². The third-order valence-electron chi connectivity index (χ3n) is 2.41. The van der Waals surface area contributed by atoms with Crippen molar-refractivity contribution < 1.29 is 4.92 Å². The zero-order chi connectivity index (χ0) is 13.0. The molecule has 2 rings (SSSR count). The minimum atomic E-state index is -0.475. The van der Waals surface area contributed by atoms with Gasteiger partial charge in [-0.05, 0) is 11.6 Å². The highest BCUT2D eigenvalue weighted by atomic mass is 16.6. The van der Waals surface area contributed by atoms with Gasteiger partial charge in [-0.15, -0.1) is 0 Å². The first-order chi connectivity index (χ1) is 8.72. The van der Waals surface area contributed by atoms with Crippen LogP contribution in [0, 0.1) is 10.1 Å². The molecule has 0 amide bonds. The third-order valence-corrected chi connectivity index (χ3v) is 2.41. The van der Waals surface area contributed by atoms with Crippen LogP contribution in [0.2, 0.25) is 0 Å². The van der Waals surface area contributed by atoms with E-state index in [1.165, 1.54) is 6.33 Å². The number of nitrogens with zero attached hydrogens (tertiary/aromatic N) is 4. The Kier molecular flexibility index (Phi) is 3.42. The highest BCUT2D eigenvalue weighted by Gasteiger charge is 2.21. The van der Waals surface area contributed by atoms with E-state index in [-0.39, 0.29) is 11.5 Å². The van der Waals surface area contributed by atoms with Gasteiger partial charge >= 0.3 is 5.69 Å². The van der Waals surface area contributed by atoms with Gasteiger partial charge < -0.3 is 5.32 Å². The van der Waals surface area contributed by atoms with Gasteiger partial charge in [0, 0.05) is 25.9 Å². The maximum Gasteiger partial charge on any atom is 0.332 e. The van der Waals surface area contributed by atoms with Crippen LogP contribution in [0.25, 0.3) is 0 Å². The zero-order valence-corrected chi connectivity index (χ0v) is 9.70. The van der Waals surface area contributed by atoms with Crippen LogP contribution < -0.4 is 5.32 Å². The molecule has 7 heteroatoms. The lowest BCUT2D eigenvalue weighted by atomic mass is 10.1. The number of pyridine rings is 1. The first-order valence-electron chi connectivity index (χ1n) is 5.27. The summed E-state index contributed by atoms with van der Waals surface area (Å²) in [6.07, 6.45) is 4.97. The summed E-state index contributed by atoms with van der Waals surface area (Å²) in [4.78, 5) is 22.4. The van der Waals surface area contributed by atoms with Crippen molar-refractivity contribution in [2.45, 2.75) is 6.42 Å². The second-order valence-corrected chi connectivity index (χ2v) is 3.56. The van der Waals surface area contributed by atoms with Gasteiger partial charge in [-0.2, -0.15) is 0 Å². The van der Waals surface area contributed by atoms with E-state index in [9.17, 15) is 10.1 Å². The fourth-order valence-electron chi connectivity index (χ4n) is 1.62. The van der Waals surface area contributed by atoms with E-state index in [1.54, 1.807) is 25.5 Å². The van der Waals surface area contributed by atoms with Gasteiger partial charge in [0.05, 0.1) is 4.92 Å². The van der Waals surface area contributed by atoms with E-state index in [1.807, 2.05) is 6.07 Å². The minimum absolute atomic E-state index is 0.0937. The molecular formula is C11H11N5O2. The largest absolute Gasteiger partial charge is 0.367 e. The first-order valence-corrected chi connectivity index (χ1v) is 5.27. The molecule has 7 nitrogen and oxygen atoms in total. The molecule has 0 saturated carbocycles. The molecule has 18 heavy (non-hydrogen) atoms. The fourth-order valence-corrected chi connectivity index (χ4v) is 1.62. The normalized spacial score (nSPS) is 10.1. The van der Waals surface area contributed by atoms with Gasteiger partial charge in [0.1, 0.15) is 12.0 Å². The number of anilines is 1. The Morgan fingerprint density at radius 2 is 2.28 bits per heavy atom. The van der Waals surface area contributed by atoms with Gasteiger partial charge in [0.15, 0.2) is 0 Å². The van der Waals surface area contributed by atoms with Crippen molar-refractivity contribution in [1.82, 2.24) is 15.0 Å². The lowest BCUT2D eigenvalue weighted by Crippen LogP contribution is -2.06. The van der Waals surface area contributed by atoms with Gasteiger partial charge in [0.2, 0.25) is 5.82 Å². The van der Waals surface area contributed by atoms with E-state index >= 15 is 0 Å². The van der Waals surface area contributed by atoms with Gasteiger partial charge in [-0.25, -0.2) is 9.97 Å². The van der Waals surface area contributed by atoms with Crippen molar-refractivity contribution in [3.05, 3.63) is 52.2 Å². The van der Waals surface area contributed by atoms with Crippen molar-refractivity contribution in [3.63, 3.8) is 0 Å². The molecule has 0 fully saturated rings. The predicted molar refractivity (Wildman–Crippen MR) is 65.3 cm³/mol. The van der Waals surface area contributed by atoms with Gasteiger partial charge in [-0.1, -0.05) is 6.07 Å². The molecule has 1 N–H and O–H groups in total. The number of aromatic nitrogens is 3. The van der Waals surface area contributed by atoms with E-state index in [4.69, 9.17) is 0 Å². The van der Waals surface area contributed by atoms with Crippen LogP contribution in [0.15, 0.2) is 30.9 Å². The Bertz CT molecular complexity index is 559. The Balaban J connectivity index is 2.42. The van der Waals surface area contributed by atoms with Crippen LogP contribution in [-0.2, 0) is 6.42 Å². The Labute approximate surface area is 103 Å². The van der Waals surface area contributed by atoms with Crippen LogP contribution in [0.1, 0.15) is 11.3 Å². The summed E-state index contributed by atoms with van der Waals surface area (Å²) in [5.74, 6) is 0.217. The monoisotopic (exact) mass is 245 g/mol. The first kappa shape index (κ1) is 11.9. The molecule has 2 aromatic rings. The average molecular weight is 245 g/mol. The lowest BCUT2D eigenvalue weighted by molar-refractivity contribution is -0.385. The van der Waals surface area contributed by atoms with Crippen molar-refractivity contribution in [2.24, 2.45) is 0 Å². The zero-order valence-electron chi connectivity index (χ0n) is 9.70. The summed E-state index contributed by atoms with van der Waals surface area (Å²) >= 11 is 0. The summed E-state index contributed by atoms with van der Waals surface area (Å²) in [6.45, 7) is 0. The summed E-state index contributed by atoms with van der Waals surface area (Å²) in [7, 11) is 1.59. The number of rotatable bonds is 4. The second-order valence-electron chi connectivity index (χ2n) is 3.56. The van der Waals surface area contributed by atoms with Gasteiger partial charge in [-0.3, -0.25) is 15.1 Å². The Hall–Kier alpha value is -2.57. The van der Waals surface area contributed by atoms with Crippen molar-refractivity contribution in [2.75, 3.05) is 12.4 Å². The second kappa shape index (κ2) is 5.17. The maximum absolute atomic E-state index is 11.1. The summed E-state index contributed by atoms with van der Waals surface area (Å²) in [6, 6.07) is 3.62. The lowest BCUT2D eigenvalue weighted by Gasteiger charge is -2.05. The van der Waals surface area contributed by atoms with E-state index < -0.39 is 4.92 Å². The molecule has 0 unspecified atom stereocenters. The molecule has 0 aliphatic heterocycles. The molecule has 0 spiro atoms. The van der Waals surface area contributed by atoms with E-state index in [0.717, 1.165) is 5.56 Å². The fraction of sp³-hybridized carbons (Fsp3) is 0.182. The Morgan fingerprint density at radius 1 is 1.44 bits per heavy atom.